The molecule has 1 atom stereocenters. The quantitative estimate of drug-likeness (QED) is 0.756. The Kier molecular flexibility index (Phi) is 4.75. The van der Waals surface area contributed by atoms with E-state index < -0.39 is 15.6 Å². The Bertz CT molecular complexity index is 661. The second-order valence-electron chi connectivity index (χ2n) is 5.88. The maximum atomic E-state index is 12.6. The number of thiophene rings is 1. The molecule has 0 radical (unpaired) electrons. The Morgan fingerprint density at radius 1 is 1.30 bits per heavy atom. The first-order chi connectivity index (χ1) is 10.9. The number of carbonyl (C=O) groups excluding carboxylic acids is 1. The minimum absolute atomic E-state index is 0.0437. The van der Waals surface area contributed by atoms with Gasteiger partial charge in [0, 0.05) is 19.6 Å². The molecule has 0 N–H and O–H groups in total. The zero-order chi connectivity index (χ0) is 16.5. The summed E-state index contributed by atoms with van der Waals surface area (Å²) >= 11 is 1.40. The molecule has 2 aliphatic heterocycles. The number of amides is 1. The van der Waals surface area contributed by atoms with Crippen molar-refractivity contribution in [1.82, 2.24) is 9.21 Å². The Balaban J connectivity index is 1.79. The Morgan fingerprint density at radius 3 is 2.83 bits per heavy atom. The molecule has 3 rings (SSSR count). The molecule has 7 nitrogen and oxygen atoms in total. The number of nitrogens with zero attached hydrogens (tertiary/aromatic N) is 2. The van der Waals surface area contributed by atoms with E-state index in [9.17, 15) is 13.2 Å². The van der Waals surface area contributed by atoms with E-state index in [4.69, 9.17) is 9.47 Å². The standard InChI is InChI=1S/C14H20N2O5S2/c1-23(18,19)16-5-6-20-11-14(10-16)9-15(4-7-21-14)13(17)12-3-2-8-22-12/h2-3,8H,4-7,9-11H2,1H3/t14-/m1/s1. The maximum Gasteiger partial charge on any atom is 0.264 e. The van der Waals surface area contributed by atoms with Crippen LogP contribution in [0.1, 0.15) is 9.67 Å². The highest BCUT2D eigenvalue weighted by molar-refractivity contribution is 7.88. The molecule has 1 spiro atoms. The molecule has 2 fully saturated rings. The van der Waals surface area contributed by atoms with Gasteiger partial charge in [0.25, 0.3) is 5.91 Å². The molecule has 9 heteroatoms. The molecule has 1 amide bonds. The number of hydrogen-bond acceptors (Lipinski definition) is 6. The van der Waals surface area contributed by atoms with Crippen molar-refractivity contribution < 1.29 is 22.7 Å². The molecule has 0 unspecified atom stereocenters. The van der Waals surface area contributed by atoms with Crippen LogP contribution in [0.3, 0.4) is 0 Å². The van der Waals surface area contributed by atoms with Gasteiger partial charge in [0.05, 0.1) is 37.5 Å². The van der Waals surface area contributed by atoms with Crippen LogP contribution in [-0.4, -0.2) is 81.4 Å². The van der Waals surface area contributed by atoms with Gasteiger partial charge in [-0.25, -0.2) is 8.42 Å². The van der Waals surface area contributed by atoms with Gasteiger partial charge in [0.2, 0.25) is 10.0 Å². The lowest BCUT2D eigenvalue weighted by Gasteiger charge is -2.42. The monoisotopic (exact) mass is 360 g/mol. The zero-order valence-corrected chi connectivity index (χ0v) is 14.6. The van der Waals surface area contributed by atoms with E-state index in [-0.39, 0.29) is 19.1 Å². The van der Waals surface area contributed by atoms with Crippen LogP contribution in [0.4, 0.5) is 0 Å². The topological polar surface area (TPSA) is 76.2 Å². The van der Waals surface area contributed by atoms with Gasteiger partial charge in [0.15, 0.2) is 0 Å². The molecule has 0 aromatic carbocycles. The fourth-order valence-corrected chi connectivity index (χ4v) is 4.48. The fourth-order valence-electron chi connectivity index (χ4n) is 2.91. The van der Waals surface area contributed by atoms with E-state index in [0.29, 0.717) is 37.7 Å². The van der Waals surface area contributed by atoms with Crippen molar-refractivity contribution in [3.63, 3.8) is 0 Å². The van der Waals surface area contributed by atoms with Crippen LogP contribution in [0.5, 0.6) is 0 Å². The maximum absolute atomic E-state index is 12.6. The third kappa shape index (κ3) is 3.74. The predicted octanol–water partition coefficient (Wildman–Crippen LogP) is 0.251. The molecule has 128 valence electrons. The molecule has 1 aromatic heterocycles. The van der Waals surface area contributed by atoms with Gasteiger partial charge in [-0.15, -0.1) is 11.3 Å². The third-order valence-corrected chi connectivity index (χ3v) is 6.16. The molecule has 0 aliphatic carbocycles. The van der Waals surface area contributed by atoms with Crippen molar-refractivity contribution >= 4 is 27.3 Å². The lowest BCUT2D eigenvalue weighted by atomic mass is 10.0. The molecule has 2 aliphatic rings. The van der Waals surface area contributed by atoms with E-state index in [1.54, 1.807) is 11.0 Å². The SMILES string of the molecule is CS(=O)(=O)N1CCOC[C@@]2(CN(C(=O)c3cccs3)CCO2)C1. The number of ether oxygens (including phenoxy) is 2. The lowest BCUT2D eigenvalue weighted by molar-refractivity contribution is -0.129. The first-order valence-corrected chi connectivity index (χ1v) is 10.1. The summed E-state index contributed by atoms with van der Waals surface area (Å²) in [5.41, 5.74) is -0.801. The molecule has 23 heavy (non-hydrogen) atoms. The van der Waals surface area contributed by atoms with Gasteiger partial charge < -0.3 is 14.4 Å². The average molecular weight is 360 g/mol. The molecule has 1 aromatic rings. The molecule has 0 bridgehead atoms. The van der Waals surface area contributed by atoms with Crippen molar-refractivity contribution in [2.75, 3.05) is 52.3 Å². The number of rotatable bonds is 2. The normalized spacial score (nSPS) is 27.1. The van der Waals surface area contributed by atoms with Crippen LogP contribution < -0.4 is 0 Å². The minimum atomic E-state index is -3.33. The van der Waals surface area contributed by atoms with E-state index in [0.717, 1.165) is 0 Å². The minimum Gasteiger partial charge on any atom is -0.377 e. The molecule has 2 saturated heterocycles. The van der Waals surface area contributed by atoms with Crippen LogP contribution in [0.25, 0.3) is 0 Å². The summed E-state index contributed by atoms with van der Waals surface area (Å²) in [6.45, 7) is 2.33. The number of carbonyl (C=O) groups is 1. The second-order valence-corrected chi connectivity index (χ2v) is 8.81. The van der Waals surface area contributed by atoms with Gasteiger partial charge in [0.1, 0.15) is 5.60 Å². The van der Waals surface area contributed by atoms with E-state index >= 15 is 0 Å². The first-order valence-electron chi connectivity index (χ1n) is 7.39. The van der Waals surface area contributed by atoms with Gasteiger partial charge in [-0.1, -0.05) is 6.07 Å². The third-order valence-electron chi connectivity index (χ3n) is 4.05. The van der Waals surface area contributed by atoms with Crippen LogP contribution in [0.15, 0.2) is 17.5 Å². The van der Waals surface area contributed by atoms with Gasteiger partial charge in [-0.2, -0.15) is 4.31 Å². The van der Waals surface area contributed by atoms with Crippen LogP contribution in [0, 0.1) is 0 Å². The van der Waals surface area contributed by atoms with Crippen LogP contribution in [0.2, 0.25) is 0 Å². The van der Waals surface area contributed by atoms with Crippen molar-refractivity contribution in [2.45, 2.75) is 5.60 Å². The average Bonchev–Trinajstić information content (AvgIpc) is 2.95. The number of sulfonamides is 1. The number of hydrogen-bond donors (Lipinski definition) is 0. The predicted molar refractivity (Wildman–Crippen MR) is 86.1 cm³/mol. The molecule has 3 heterocycles. The summed E-state index contributed by atoms with van der Waals surface area (Å²) in [5.74, 6) is -0.0437. The van der Waals surface area contributed by atoms with Crippen molar-refractivity contribution in [3.8, 4) is 0 Å². The highest BCUT2D eigenvalue weighted by Crippen LogP contribution is 2.25. The van der Waals surface area contributed by atoms with Crippen molar-refractivity contribution in [1.29, 1.82) is 0 Å². The largest absolute Gasteiger partial charge is 0.377 e. The summed E-state index contributed by atoms with van der Waals surface area (Å²) in [6, 6.07) is 3.63. The second kappa shape index (κ2) is 6.48. The van der Waals surface area contributed by atoms with E-state index in [2.05, 4.69) is 0 Å². The Labute approximate surface area is 139 Å². The summed E-state index contributed by atoms with van der Waals surface area (Å²) in [7, 11) is -3.33. The van der Waals surface area contributed by atoms with Gasteiger partial charge in [-0.05, 0) is 11.4 Å². The Morgan fingerprint density at radius 2 is 2.13 bits per heavy atom. The van der Waals surface area contributed by atoms with Crippen molar-refractivity contribution in [2.24, 2.45) is 0 Å². The van der Waals surface area contributed by atoms with E-state index in [1.807, 2.05) is 11.4 Å². The van der Waals surface area contributed by atoms with Crippen LogP contribution in [-0.2, 0) is 19.5 Å². The zero-order valence-electron chi connectivity index (χ0n) is 12.9. The summed E-state index contributed by atoms with van der Waals surface area (Å²) < 4.78 is 36.6. The number of morpholine rings is 1. The summed E-state index contributed by atoms with van der Waals surface area (Å²) in [4.78, 5) is 15.0. The highest BCUT2D eigenvalue weighted by Gasteiger charge is 2.43. The molecular weight excluding hydrogens is 340 g/mol. The molecule has 0 saturated carbocycles. The van der Waals surface area contributed by atoms with Crippen LogP contribution >= 0.6 is 11.3 Å². The Hall–Kier alpha value is -1.00. The van der Waals surface area contributed by atoms with Crippen molar-refractivity contribution in [3.05, 3.63) is 22.4 Å². The van der Waals surface area contributed by atoms with E-state index in [1.165, 1.54) is 21.9 Å². The molecular formula is C14H20N2O5S2. The highest BCUT2D eigenvalue weighted by atomic mass is 32.2. The van der Waals surface area contributed by atoms with Gasteiger partial charge >= 0.3 is 0 Å². The first kappa shape index (κ1) is 16.8. The fraction of sp³-hybridized carbons (Fsp3) is 0.643. The summed E-state index contributed by atoms with van der Waals surface area (Å²) in [5, 5.41) is 1.86. The summed E-state index contributed by atoms with van der Waals surface area (Å²) in [6.07, 6.45) is 1.18. The lowest BCUT2D eigenvalue weighted by Crippen LogP contribution is -2.60. The van der Waals surface area contributed by atoms with Gasteiger partial charge in [-0.3, -0.25) is 4.79 Å². The smallest absolute Gasteiger partial charge is 0.264 e.